The Morgan fingerprint density at radius 3 is 2.56 bits per heavy atom. The van der Waals surface area contributed by atoms with Gasteiger partial charge in [-0.1, -0.05) is 30.3 Å². The Morgan fingerprint density at radius 2 is 1.67 bits per heavy atom. The number of thiophene rings is 1. The van der Waals surface area contributed by atoms with Crippen molar-refractivity contribution in [3.63, 3.8) is 0 Å². The molecule has 0 spiro atoms. The third kappa shape index (κ3) is 1.16. The van der Waals surface area contributed by atoms with Crippen LogP contribution in [0.15, 0.2) is 36.4 Å². The van der Waals surface area contributed by atoms with E-state index in [-0.39, 0.29) is 0 Å². The van der Waals surface area contributed by atoms with Gasteiger partial charge in [0.1, 0.15) is 0 Å². The van der Waals surface area contributed by atoms with Gasteiger partial charge in [0.05, 0.1) is 10.2 Å². The standard InChI is InChI=1S/C16H13NS/c1-9-10(2)18-16-11(9)7-8-13-12-5-3-4-6-14(12)17-15(13)16/h3-8,17H,1-2H3. The zero-order chi connectivity index (χ0) is 12.3. The van der Waals surface area contributed by atoms with Gasteiger partial charge in [-0.15, -0.1) is 11.3 Å². The summed E-state index contributed by atoms with van der Waals surface area (Å²) in [4.78, 5) is 4.99. The highest BCUT2D eigenvalue weighted by atomic mass is 32.1. The van der Waals surface area contributed by atoms with E-state index in [1.54, 1.807) is 0 Å². The largest absolute Gasteiger partial charge is 0.353 e. The van der Waals surface area contributed by atoms with Crippen molar-refractivity contribution in [2.45, 2.75) is 13.8 Å². The summed E-state index contributed by atoms with van der Waals surface area (Å²) < 4.78 is 1.39. The maximum absolute atomic E-state index is 3.57. The van der Waals surface area contributed by atoms with Crippen LogP contribution < -0.4 is 0 Å². The highest BCUT2D eigenvalue weighted by Gasteiger charge is 2.11. The van der Waals surface area contributed by atoms with E-state index in [4.69, 9.17) is 0 Å². The van der Waals surface area contributed by atoms with E-state index in [9.17, 15) is 0 Å². The minimum atomic E-state index is 1.23. The molecule has 2 heterocycles. The van der Waals surface area contributed by atoms with Gasteiger partial charge >= 0.3 is 0 Å². The predicted octanol–water partition coefficient (Wildman–Crippen LogP) is 5.15. The first-order chi connectivity index (χ1) is 8.75. The summed E-state index contributed by atoms with van der Waals surface area (Å²) >= 11 is 1.89. The molecule has 0 saturated carbocycles. The second-order valence-electron chi connectivity index (χ2n) is 4.82. The third-order valence-electron chi connectivity index (χ3n) is 3.82. The zero-order valence-corrected chi connectivity index (χ0v) is 11.2. The molecule has 4 rings (SSSR count). The molecule has 0 aliphatic carbocycles. The molecule has 2 heteroatoms. The van der Waals surface area contributed by atoms with Crippen molar-refractivity contribution >= 4 is 43.2 Å². The first-order valence-corrected chi connectivity index (χ1v) is 6.96. The number of aromatic nitrogens is 1. The Kier molecular flexibility index (Phi) is 1.90. The van der Waals surface area contributed by atoms with E-state index in [2.05, 4.69) is 55.2 Å². The van der Waals surface area contributed by atoms with Gasteiger partial charge in [0.2, 0.25) is 0 Å². The second-order valence-corrected chi connectivity index (χ2v) is 6.04. The Hall–Kier alpha value is -1.80. The van der Waals surface area contributed by atoms with Crippen LogP contribution in [0, 0.1) is 13.8 Å². The topological polar surface area (TPSA) is 15.8 Å². The number of para-hydroxylation sites is 1. The van der Waals surface area contributed by atoms with Crippen LogP contribution in [0.2, 0.25) is 0 Å². The Labute approximate surface area is 109 Å². The van der Waals surface area contributed by atoms with Crippen molar-refractivity contribution in [1.82, 2.24) is 4.98 Å². The van der Waals surface area contributed by atoms with Crippen molar-refractivity contribution < 1.29 is 0 Å². The number of aromatic amines is 1. The maximum Gasteiger partial charge on any atom is 0.0646 e. The lowest BCUT2D eigenvalue weighted by Crippen LogP contribution is -1.72. The van der Waals surface area contributed by atoms with E-state index in [0.717, 1.165) is 0 Å². The van der Waals surface area contributed by atoms with Crippen molar-refractivity contribution in [3.8, 4) is 0 Å². The molecule has 88 valence electrons. The summed E-state index contributed by atoms with van der Waals surface area (Å²) in [5.41, 5.74) is 3.93. The molecule has 0 fully saturated rings. The summed E-state index contributed by atoms with van der Waals surface area (Å²) in [5, 5.41) is 4.04. The molecule has 0 amide bonds. The van der Waals surface area contributed by atoms with Crippen LogP contribution in [-0.4, -0.2) is 4.98 Å². The van der Waals surface area contributed by atoms with E-state index >= 15 is 0 Å². The molecule has 0 bridgehead atoms. The van der Waals surface area contributed by atoms with Crippen LogP contribution in [0.1, 0.15) is 10.4 Å². The van der Waals surface area contributed by atoms with Crippen LogP contribution >= 0.6 is 11.3 Å². The summed E-state index contributed by atoms with van der Waals surface area (Å²) in [7, 11) is 0. The van der Waals surface area contributed by atoms with Crippen LogP contribution in [0.3, 0.4) is 0 Å². The monoisotopic (exact) mass is 251 g/mol. The molecule has 0 aliphatic heterocycles. The number of nitrogens with one attached hydrogen (secondary N) is 1. The van der Waals surface area contributed by atoms with Crippen LogP contribution in [-0.2, 0) is 0 Å². The molecule has 2 aromatic heterocycles. The number of fused-ring (bicyclic) bond motifs is 5. The van der Waals surface area contributed by atoms with Gasteiger partial charge < -0.3 is 4.98 Å². The fourth-order valence-electron chi connectivity index (χ4n) is 2.71. The Morgan fingerprint density at radius 1 is 0.889 bits per heavy atom. The number of benzene rings is 2. The number of hydrogen-bond donors (Lipinski definition) is 1. The molecule has 18 heavy (non-hydrogen) atoms. The van der Waals surface area contributed by atoms with Crippen LogP contribution in [0.4, 0.5) is 0 Å². The average molecular weight is 251 g/mol. The van der Waals surface area contributed by atoms with Gasteiger partial charge in [-0.05, 0) is 30.9 Å². The quantitative estimate of drug-likeness (QED) is 0.444. The van der Waals surface area contributed by atoms with Crippen LogP contribution in [0.25, 0.3) is 31.9 Å². The molecule has 0 unspecified atom stereocenters. The number of hydrogen-bond acceptors (Lipinski definition) is 1. The number of aryl methyl sites for hydroxylation is 2. The molecule has 4 aromatic rings. The SMILES string of the molecule is Cc1sc2c(ccc3c4ccccc4[nH]c32)c1C. The van der Waals surface area contributed by atoms with Gasteiger partial charge in [-0.2, -0.15) is 0 Å². The fourth-order valence-corrected chi connectivity index (χ4v) is 3.88. The molecule has 0 atom stereocenters. The van der Waals surface area contributed by atoms with Crippen molar-refractivity contribution in [1.29, 1.82) is 0 Å². The van der Waals surface area contributed by atoms with Crippen molar-refractivity contribution in [2.75, 3.05) is 0 Å². The third-order valence-corrected chi connectivity index (χ3v) is 5.06. The Balaban J connectivity index is 2.32. The molecule has 2 aromatic carbocycles. The molecule has 0 aliphatic rings. The van der Waals surface area contributed by atoms with Crippen LogP contribution in [0.5, 0.6) is 0 Å². The number of rotatable bonds is 0. The highest BCUT2D eigenvalue weighted by Crippen LogP contribution is 2.37. The maximum atomic E-state index is 3.57. The predicted molar refractivity (Wildman–Crippen MR) is 80.7 cm³/mol. The molecular formula is C16H13NS. The normalized spacial score (nSPS) is 11.9. The summed E-state index contributed by atoms with van der Waals surface area (Å²) in [6.07, 6.45) is 0. The van der Waals surface area contributed by atoms with Gasteiger partial charge in [0, 0.05) is 21.2 Å². The molecule has 0 saturated heterocycles. The second kappa shape index (κ2) is 3.36. The lowest BCUT2D eigenvalue weighted by Gasteiger charge is -1.94. The van der Waals surface area contributed by atoms with Gasteiger partial charge in [-0.25, -0.2) is 0 Å². The summed E-state index contributed by atoms with van der Waals surface area (Å²) in [6.45, 7) is 4.41. The molecule has 1 N–H and O–H groups in total. The van der Waals surface area contributed by atoms with Crippen molar-refractivity contribution in [3.05, 3.63) is 46.8 Å². The van der Waals surface area contributed by atoms with E-state index in [1.165, 1.54) is 42.3 Å². The van der Waals surface area contributed by atoms with E-state index < -0.39 is 0 Å². The molecular weight excluding hydrogens is 238 g/mol. The highest BCUT2D eigenvalue weighted by molar-refractivity contribution is 7.20. The minimum Gasteiger partial charge on any atom is -0.353 e. The lowest BCUT2D eigenvalue weighted by atomic mass is 10.1. The Bertz CT molecular complexity index is 896. The van der Waals surface area contributed by atoms with Gasteiger partial charge in [0.25, 0.3) is 0 Å². The van der Waals surface area contributed by atoms with Gasteiger partial charge in [-0.3, -0.25) is 0 Å². The zero-order valence-electron chi connectivity index (χ0n) is 10.4. The number of H-pyrrole nitrogens is 1. The van der Waals surface area contributed by atoms with Crippen molar-refractivity contribution in [2.24, 2.45) is 0 Å². The first kappa shape index (κ1) is 10.2. The van der Waals surface area contributed by atoms with Gasteiger partial charge in [0.15, 0.2) is 0 Å². The average Bonchev–Trinajstić information content (AvgIpc) is 2.89. The smallest absolute Gasteiger partial charge is 0.0646 e. The fraction of sp³-hybridized carbons (Fsp3) is 0.125. The lowest BCUT2D eigenvalue weighted by molar-refractivity contribution is 1.47. The molecule has 0 radical (unpaired) electrons. The van der Waals surface area contributed by atoms with E-state index in [0.29, 0.717) is 0 Å². The van der Waals surface area contributed by atoms with E-state index in [1.807, 2.05) is 11.3 Å². The minimum absolute atomic E-state index is 1.23. The first-order valence-electron chi connectivity index (χ1n) is 6.15. The summed E-state index contributed by atoms with van der Waals surface area (Å²) in [5.74, 6) is 0. The summed E-state index contributed by atoms with van der Waals surface area (Å²) in [6, 6.07) is 13.0. The molecule has 1 nitrogen and oxygen atoms in total.